The molecule has 2 N–H and O–H groups in total. The molecule has 5 heteroatoms. The van der Waals surface area contributed by atoms with E-state index in [1.165, 1.54) is 10.9 Å². The first-order valence-corrected chi connectivity index (χ1v) is 11.3. The standard InChI is InChI=1S/C22H23N3OS.C2H6/c1-15(27-25-12-10-23-11-13-25)17-7-9-21-20(14-17)24-19-8-6-16-4-2-3-5-18(16)22(19)26-21;1-2/h2-9,14-15,23-24H,10-13H2,1H3;1-2H3. The second-order valence-electron chi connectivity index (χ2n) is 7.07. The number of hydrogen-bond acceptors (Lipinski definition) is 5. The average molecular weight is 408 g/mol. The Hall–Kier alpha value is -2.21. The van der Waals surface area contributed by atoms with Crippen molar-refractivity contribution in [2.75, 3.05) is 31.5 Å². The number of nitrogens with zero attached hydrogens (tertiary/aromatic N) is 1. The van der Waals surface area contributed by atoms with E-state index in [1.54, 1.807) is 0 Å². The quantitative estimate of drug-likeness (QED) is 0.388. The van der Waals surface area contributed by atoms with E-state index in [0.717, 1.165) is 54.4 Å². The van der Waals surface area contributed by atoms with Crippen LogP contribution in [0, 0.1) is 0 Å². The maximum Gasteiger partial charge on any atom is 0.158 e. The lowest BCUT2D eigenvalue weighted by atomic mass is 10.1. The number of rotatable bonds is 3. The van der Waals surface area contributed by atoms with E-state index in [4.69, 9.17) is 4.74 Å². The van der Waals surface area contributed by atoms with Gasteiger partial charge in [-0.15, -0.1) is 0 Å². The minimum atomic E-state index is 0.410. The summed E-state index contributed by atoms with van der Waals surface area (Å²) in [6.07, 6.45) is 0. The lowest BCUT2D eigenvalue weighted by molar-refractivity contribution is 0.395. The summed E-state index contributed by atoms with van der Waals surface area (Å²) in [5.41, 5.74) is 3.39. The van der Waals surface area contributed by atoms with Gasteiger partial charge in [0.25, 0.3) is 0 Å². The maximum atomic E-state index is 6.29. The lowest BCUT2D eigenvalue weighted by Gasteiger charge is -2.29. The van der Waals surface area contributed by atoms with Crippen molar-refractivity contribution < 1.29 is 4.74 Å². The van der Waals surface area contributed by atoms with Crippen LogP contribution < -0.4 is 15.4 Å². The number of nitrogens with one attached hydrogen (secondary N) is 2. The molecule has 1 saturated heterocycles. The Morgan fingerprint density at radius 3 is 2.59 bits per heavy atom. The predicted molar refractivity (Wildman–Crippen MR) is 126 cm³/mol. The first-order chi connectivity index (χ1) is 14.3. The fourth-order valence-electron chi connectivity index (χ4n) is 3.73. The Morgan fingerprint density at radius 1 is 0.966 bits per heavy atom. The molecular weight excluding hydrogens is 378 g/mol. The highest BCUT2D eigenvalue weighted by atomic mass is 32.2. The van der Waals surface area contributed by atoms with Crippen LogP contribution in [0.2, 0.25) is 0 Å². The molecule has 5 rings (SSSR count). The fraction of sp³-hybridized carbons (Fsp3) is 0.333. The summed E-state index contributed by atoms with van der Waals surface area (Å²) in [6, 6.07) is 19.1. The number of fused-ring (bicyclic) bond motifs is 4. The number of piperazine rings is 1. The van der Waals surface area contributed by atoms with Crippen LogP contribution in [0.15, 0.2) is 54.6 Å². The van der Waals surface area contributed by atoms with Crippen LogP contribution in [0.4, 0.5) is 11.4 Å². The number of benzene rings is 3. The maximum absolute atomic E-state index is 6.29. The van der Waals surface area contributed by atoms with Gasteiger partial charge >= 0.3 is 0 Å². The minimum Gasteiger partial charge on any atom is -0.452 e. The van der Waals surface area contributed by atoms with Crippen molar-refractivity contribution >= 4 is 34.1 Å². The molecule has 0 aliphatic carbocycles. The highest BCUT2D eigenvalue weighted by molar-refractivity contribution is 7.97. The van der Waals surface area contributed by atoms with Gasteiger partial charge in [-0.1, -0.05) is 62.2 Å². The molecule has 152 valence electrons. The van der Waals surface area contributed by atoms with Crippen LogP contribution >= 0.6 is 11.9 Å². The predicted octanol–water partition coefficient (Wildman–Crippen LogP) is 6.33. The fourth-order valence-corrected chi connectivity index (χ4v) is 4.84. The Bertz CT molecular complexity index is 985. The smallest absolute Gasteiger partial charge is 0.158 e. The van der Waals surface area contributed by atoms with Crippen molar-refractivity contribution in [3.05, 3.63) is 60.2 Å². The molecule has 1 atom stereocenters. The van der Waals surface area contributed by atoms with Crippen molar-refractivity contribution in [2.45, 2.75) is 26.0 Å². The first-order valence-electron chi connectivity index (χ1n) is 10.5. The van der Waals surface area contributed by atoms with E-state index in [0.29, 0.717) is 5.25 Å². The molecule has 3 aromatic rings. The summed E-state index contributed by atoms with van der Waals surface area (Å²) < 4.78 is 8.75. The van der Waals surface area contributed by atoms with E-state index < -0.39 is 0 Å². The normalized spacial score (nSPS) is 16.5. The van der Waals surface area contributed by atoms with Crippen molar-refractivity contribution in [2.24, 2.45) is 0 Å². The Morgan fingerprint density at radius 2 is 1.76 bits per heavy atom. The second kappa shape index (κ2) is 9.08. The molecule has 2 aliphatic rings. The third-order valence-electron chi connectivity index (χ3n) is 5.22. The van der Waals surface area contributed by atoms with Gasteiger partial charge in [-0.2, -0.15) is 0 Å². The van der Waals surface area contributed by atoms with E-state index in [9.17, 15) is 0 Å². The number of anilines is 2. The molecule has 4 nitrogen and oxygen atoms in total. The van der Waals surface area contributed by atoms with Gasteiger partial charge in [0.1, 0.15) is 0 Å². The van der Waals surface area contributed by atoms with Gasteiger partial charge in [0.05, 0.1) is 11.4 Å². The van der Waals surface area contributed by atoms with E-state index in [2.05, 4.69) is 76.5 Å². The van der Waals surface area contributed by atoms with Gasteiger partial charge in [0.15, 0.2) is 11.5 Å². The first kappa shape index (κ1) is 20.1. The molecule has 0 aromatic heterocycles. The van der Waals surface area contributed by atoms with E-state index >= 15 is 0 Å². The Balaban J connectivity index is 0.000000994. The monoisotopic (exact) mass is 407 g/mol. The molecule has 1 unspecified atom stereocenters. The Labute approximate surface area is 177 Å². The summed E-state index contributed by atoms with van der Waals surface area (Å²) >= 11 is 1.94. The third-order valence-corrected chi connectivity index (χ3v) is 6.47. The van der Waals surface area contributed by atoms with Gasteiger partial charge in [-0.25, -0.2) is 4.31 Å². The summed E-state index contributed by atoms with van der Waals surface area (Å²) in [6.45, 7) is 10.6. The molecule has 3 aromatic carbocycles. The van der Waals surface area contributed by atoms with Crippen LogP contribution in [0.25, 0.3) is 10.8 Å². The van der Waals surface area contributed by atoms with Crippen LogP contribution in [-0.2, 0) is 0 Å². The number of ether oxygens (including phenoxy) is 1. The second-order valence-corrected chi connectivity index (χ2v) is 8.51. The number of hydrogen-bond donors (Lipinski definition) is 2. The average Bonchev–Trinajstić information content (AvgIpc) is 2.79. The van der Waals surface area contributed by atoms with Crippen LogP contribution in [0.1, 0.15) is 31.6 Å². The van der Waals surface area contributed by atoms with E-state index in [1.807, 2.05) is 25.8 Å². The largest absolute Gasteiger partial charge is 0.452 e. The summed E-state index contributed by atoms with van der Waals surface area (Å²) in [5.74, 6) is 1.80. The highest BCUT2D eigenvalue weighted by Crippen LogP contribution is 2.47. The van der Waals surface area contributed by atoms with Crippen LogP contribution in [-0.4, -0.2) is 30.5 Å². The van der Waals surface area contributed by atoms with E-state index in [-0.39, 0.29) is 0 Å². The van der Waals surface area contributed by atoms with Crippen molar-refractivity contribution in [1.82, 2.24) is 9.62 Å². The van der Waals surface area contributed by atoms with Gasteiger partial charge in [-0.3, -0.25) is 0 Å². The highest BCUT2D eigenvalue weighted by Gasteiger charge is 2.21. The molecule has 2 heterocycles. The SMILES string of the molecule is CC.CC(SN1CCNCC1)c1ccc2c(c1)Nc1ccc3ccccc3c1O2. The molecule has 0 bridgehead atoms. The molecule has 29 heavy (non-hydrogen) atoms. The third kappa shape index (κ3) is 4.22. The molecule has 0 radical (unpaired) electrons. The minimum absolute atomic E-state index is 0.410. The van der Waals surface area contributed by atoms with Crippen molar-refractivity contribution in [1.29, 1.82) is 0 Å². The van der Waals surface area contributed by atoms with Gasteiger partial charge in [0, 0.05) is 36.8 Å². The molecule has 0 saturated carbocycles. The topological polar surface area (TPSA) is 36.5 Å². The van der Waals surface area contributed by atoms with Crippen LogP contribution in [0.3, 0.4) is 0 Å². The zero-order chi connectivity index (χ0) is 20.2. The molecule has 1 fully saturated rings. The summed E-state index contributed by atoms with van der Waals surface area (Å²) in [7, 11) is 0. The zero-order valence-electron chi connectivity index (χ0n) is 17.4. The van der Waals surface area contributed by atoms with Gasteiger partial charge in [-0.05, 0) is 36.1 Å². The van der Waals surface area contributed by atoms with Gasteiger partial charge in [0.2, 0.25) is 0 Å². The molecule has 2 aliphatic heterocycles. The van der Waals surface area contributed by atoms with Crippen LogP contribution in [0.5, 0.6) is 11.5 Å². The summed E-state index contributed by atoms with van der Waals surface area (Å²) in [4.78, 5) is 0. The summed E-state index contributed by atoms with van der Waals surface area (Å²) in [5, 5.41) is 9.73. The Kier molecular flexibility index (Phi) is 6.28. The van der Waals surface area contributed by atoms with Gasteiger partial charge < -0.3 is 15.4 Å². The van der Waals surface area contributed by atoms with Crippen molar-refractivity contribution in [3.8, 4) is 11.5 Å². The lowest BCUT2D eigenvalue weighted by Crippen LogP contribution is -2.40. The molecular formula is C24H29N3OS. The zero-order valence-corrected chi connectivity index (χ0v) is 18.2. The molecule has 0 spiro atoms. The molecule has 0 amide bonds. The van der Waals surface area contributed by atoms with Crippen molar-refractivity contribution in [3.63, 3.8) is 0 Å².